The number of nitrogens with zero attached hydrogens (tertiary/aromatic N) is 3. The van der Waals surface area contributed by atoms with Crippen molar-refractivity contribution in [2.24, 2.45) is 0 Å². The molecule has 4 nitrogen and oxygen atoms in total. The van der Waals surface area contributed by atoms with Crippen LogP contribution in [-0.4, -0.2) is 19.9 Å². The van der Waals surface area contributed by atoms with Gasteiger partial charge in [-0.1, -0.05) is 54.0 Å². The molecule has 0 aliphatic heterocycles. The van der Waals surface area contributed by atoms with Crippen LogP contribution in [0, 0.1) is 0 Å². The molecular weight excluding hydrogens is 345 g/mol. The minimum absolute atomic E-state index is 0.167. The van der Waals surface area contributed by atoms with Crippen LogP contribution in [0.4, 0.5) is 0 Å². The van der Waals surface area contributed by atoms with Gasteiger partial charge in [0.1, 0.15) is 18.3 Å². The third kappa shape index (κ3) is 3.36. The molecule has 1 N–H and O–H groups in total. The van der Waals surface area contributed by atoms with Gasteiger partial charge >= 0.3 is 0 Å². The lowest BCUT2D eigenvalue weighted by molar-refractivity contribution is 0.0766. The van der Waals surface area contributed by atoms with Gasteiger partial charge in [-0.15, -0.1) is 0 Å². The van der Waals surface area contributed by atoms with E-state index in [1.165, 1.54) is 6.33 Å². The lowest BCUT2D eigenvalue weighted by atomic mass is 9.83. The largest absolute Gasteiger partial charge is 0.378 e. The van der Waals surface area contributed by atoms with Crippen LogP contribution >= 0.6 is 23.2 Å². The maximum atomic E-state index is 11.5. The molecule has 1 aromatic heterocycles. The fourth-order valence-corrected chi connectivity index (χ4v) is 2.87. The summed E-state index contributed by atoms with van der Waals surface area (Å²) in [6.07, 6.45) is 2.97. The van der Waals surface area contributed by atoms with Gasteiger partial charge in [-0.2, -0.15) is 5.10 Å². The Kier molecular flexibility index (Phi) is 4.71. The molecule has 0 radical (unpaired) electrons. The Morgan fingerprint density at radius 3 is 2.50 bits per heavy atom. The molecule has 0 amide bonds. The lowest BCUT2D eigenvalue weighted by Gasteiger charge is -2.31. The normalized spacial score (nSPS) is 13.5. The predicted octanol–water partition coefficient (Wildman–Crippen LogP) is 4.19. The maximum absolute atomic E-state index is 11.5. The monoisotopic (exact) mass is 359 g/mol. The first-order chi connectivity index (χ1) is 11.5. The summed E-state index contributed by atoms with van der Waals surface area (Å²) in [5, 5.41) is 16.7. The molecule has 0 saturated heterocycles. The summed E-state index contributed by atoms with van der Waals surface area (Å²) in [5.41, 5.74) is 0.540. The minimum Gasteiger partial charge on any atom is -0.378 e. The van der Waals surface area contributed by atoms with Crippen LogP contribution in [0.1, 0.15) is 11.1 Å². The summed E-state index contributed by atoms with van der Waals surface area (Å²) in [4.78, 5) is 3.93. The Bertz CT molecular complexity index is 847. The van der Waals surface area contributed by atoms with E-state index in [9.17, 15) is 5.11 Å². The summed E-state index contributed by atoms with van der Waals surface area (Å²) in [7, 11) is 0. The molecule has 1 atom stereocenters. The van der Waals surface area contributed by atoms with E-state index in [1.807, 2.05) is 12.1 Å². The second-order valence-electron chi connectivity index (χ2n) is 5.45. The van der Waals surface area contributed by atoms with Gasteiger partial charge in [0.05, 0.1) is 6.54 Å². The number of rotatable bonds is 5. The molecular formula is C18H15Cl2N3O. The van der Waals surface area contributed by atoms with E-state index in [1.54, 1.807) is 47.4 Å². The summed E-state index contributed by atoms with van der Waals surface area (Å²) < 4.78 is 1.56. The van der Waals surface area contributed by atoms with Gasteiger partial charge in [0.2, 0.25) is 0 Å². The number of halogens is 2. The second kappa shape index (κ2) is 6.77. The highest BCUT2D eigenvalue weighted by atomic mass is 35.5. The average molecular weight is 360 g/mol. The van der Waals surface area contributed by atoms with E-state index < -0.39 is 5.60 Å². The van der Waals surface area contributed by atoms with Crippen LogP contribution in [0.2, 0.25) is 10.0 Å². The molecule has 0 aliphatic carbocycles. The molecule has 0 aliphatic rings. The third-order valence-electron chi connectivity index (χ3n) is 3.85. The zero-order valence-corrected chi connectivity index (χ0v) is 14.2. The predicted molar refractivity (Wildman–Crippen MR) is 95.9 cm³/mol. The van der Waals surface area contributed by atoms with E-state index in [0.717, 1.165) is 5.56 Å². The quantitative estimate of drug-likeness (QED) is 0.742. The Hall–Kier alpha value is -2.14. The van der Waals surface area contributed by atoms with Crippen molar-refractivity contribution >= 4 is 28.8 Å². The van der Waals surface area contributed by atoms with Crippen molar-refractivity contribution in [3.63, 3.8) is 0 Å². The zero-order valence-electron chi connectivity index (χ0n) is 12.7. The van der Waals surface area contributed by atoms with E-state index in [2.05, 4.69) is 16.7 Å². The average Bonchev–Trinajstić information content (AvgIpc) is 3.07. The Labute approximate surface area is 150 Å². The number of hydrogen-bond acceptors (Lipinski definition) is 3. The van der Waals surface area contributed by atoms with Gasteiger partial charge in [0, 0.05) is 10.0 Å². The second-order valence-corrected chi connectivity index (χ2v) is 6.32. The number of hydrogen-bond donors (Lipinski definition) is 1. The summed E-state index contributed by atoms with van der Waals surface area (Å²) in [6, 6.07) is 14.2. The zero-order chi connectivity index (χ0) is 17.2. The highest BCUT2D eigenvalue weighted by molar-refractivity contribution is 6.31. The highest BCUT2D eigenvalue weighted by Crippen LogP contribution is 2.37. The molecule has 0 saturated carbocycles. The lowest BCUT2D eigenvalue weighted by Crippen LogP contribution is -2.33. The Morgan fingerprint density at radius 1 is 1.12 bits per heavy atom. The van der Waals surface area contributed by atoms with Crippen LogP contribution in [0.3, 0.4) is 0 Å². The first-order valence-electron chi connectivity index (χ1n) is 7.25. The van der Waals surface area contributed by atoms with E-state index >= 15 is 0 Å². The third-order valence-corrected chi connectivity index (χ3v) is 4.34. The fourth-order valence-electron chi connectivity index (χ4n) is 2.55. The molecule has 2 aromatic carbocycles. The van der Waals surface area contributed by atoms with Crippen LogP contribution in [-0.2, 0) is 12.1 Å². The van der Waals surface area contributed by atoms with E-state index in [4.69, 9.17) is 23.2 Å². The fraction of sp³-hybridized carbons (Fsp3) is 0.111. The smallest absolute Gasteiger partial charge is 0.137 e. The first kappa shape index (κ1) is 16.7. The first-order valence-corrected chi connectivity index (χ1v) is 8.01. The number of benzene rings is 2. The van der Waals surface area contributed by atoms with Gasteiger partial charge in [-0.3, -0.25) is 0 Å². The van der Waals surface area contributed by atoms with Crippen molar-refractivity contribution in [2.75, 3.05) is 0 Å². The summed E-state index contributed by atoms with van der Waals surface area (Å²) in [6.45, 7) is 4.28. The van der Waals surface area contributed by atoms with E-state index in [0.29, 0.717) is 21.2 Å². The van der Waals surface area contributed by atoms with Crippen LogP contribution in [0.15, 0.2) is 67.8 Å². The van der Waals surface area contributed by atoms with Crippen molar-refractivity contribution in [3.05, 3.63) is 88.9 Å². The molecule has 1 heterocycles. The van der Waals surface area contributed by atoms with Crippen molar-refractivity contribution in [1.82, 2.24) is 14.8 Å². The molecule has 122 valence electrons. The van der Waals surface area contributed by atoms with Gasteiger partial charge < -0.3 is 5.11 Å². The van der Waals surface area contributed by atoms with Crippen LogP contribution < -0.4 is 0 Å². The highest BCUT2D eigenvalue weighted by Gasteiger charge is 2.34. The molecule has 3 aromatic rings. The van der Waals surface area contributed by atoms with Gasteiger partial charge in [0.25, 0.3) is 0 Å². The Balaban J connectivity index is 2.07. The molecule has 24 heavy (non-hydrogen) atoms. The topological polar surface area (TPSA) is 50.9 Å². The van der Waals surface area contributed by atoms with Crippen molar-refractivity contribution in [1.29, 1.82) is 0 Å². The molecule has 1 unspecified atom stereocenters. The van der Waals surface area contributed by atoms with E-state index in [-0.39, 0.29) is 6.54 Å². The summed E-state index contributed by atoms with van der Waals surface area (Å²) >= 11 is 12.1. The van der Waals surface area contributed by atoms with Crippen molar-refractivity contribution < 1.29 is 5.11 Å². The molecule has 0 fully saturated rings. The van der Waals surface area contributed by atoms with Crippen molar-refractivity contribution in [3.8, 4) is 0 Å². The standard InChI is InChI=1S/C18H15Cl2N3O/c1-13(14-3-2-4-17(20)9-14)18(24,10-23-12-21-11-22-23)15-5-7-16(19)8-6-15/h2-9,11-12,24H,1,10H2. The minimum atomic E-state index is -1.39. The summed E-state index contributed by atoms with van der Waals surface area (Å²) in [5.74, 6) is 0. The molecule has 3 rings (SSSR count). The molecule has 0 spiro atoms. The van der Waals surface area contributed by atoms with Crippen LogP contribution in [0.25, 0.3) is 5.57 Å². The van der Waals surface area contributed by atoms with Crippen molar-refractivity contribution in [2.45, 2.75) is 12.1 Å². The molecule has 0 bridgehead atoms. The maximum Gasteiger partial charge on any atom is 0.137 e. The van der Waals surface area contributed by atoms with Gasteiger partial charge in [-0.05, 0) is 41.0 Å². The SMILES string of the molecule is C=C(c1cccc(Cl)c1)C(O)(Cn1cncn1)c1ccc(Cl)cc1. The number of aliphatic hydroxyl groups is 1. The molecule has 6 heteroatoms. The van der Waals surface area contributed by atoms with Gasteiger partial charge in [-0.25, -0.2) is 9.67 Å². The number of aromatic nitrogens is 3. The Morgan fingerprint density at radius 2 is 1.88 bits per heavy atom. The van der Waals surface area contributed by atoms with Crippen LogP contribution in [0.5, 0.6) is 0 Å². The van der Waals surface area contributed by atoms with Gasteiger partial charge in [0.15, 0.2) is 0 Å².